The molecule has 0 radical (unpaired) electrons. The first-order chi connectivity index (χ1) is 47.6. The number of rotatable bonds is 70. The van der Waals surface area contributed by atoms with E-state index in [4.69, 9.17) is 18.9 Å². The van der Waals surface area contributed by atoms with Gasteiger partial charge in [-0.3, -0.25) is 9.59 Å². The first-order valence-corrected chi connectivity index (χ1v) is 38.9. The van der Waals surface area contributed by atoms with Crippen LogP contribution in [0.15, 0.2) is 182 Å². The molecule has 0 aliphatic rings. The van der Waals surface area contributed by atoms with Crippen molar-refractivity contribution in [3.05, 3.63) is 182 Å². The highest BCUT2D eigenvalue weighted by Crippen LogP contribution is 2.17. The van der Waals surface area contributed by atoms with Crippen LogP contribution in [0.5, 0.6) is 0 Å². The van der Waals surface area contributed by atoms with Crippen molar-refractivity contribution in [2.24, 2.45) is 0 Å². The number of hydrogen-bond donors (Lipinski definition) is 1. The Morgan fingerprint density at radius 3 is 0.825 bits per heavy atom. The molecule has 9 heteroatoms. The quantitative estimate of drug-likeness (QED) is 0.0211. The molecule has 0 saturated heterocycles. The summed E-state index contributed by atoms with van der Waals surface area (Å²) in [6.45, 7) is 4.64. The van der Waals surface area contributed by atoms with Gasteiger partial charge in [0.15, 0.2) is 6.10 Å². The first-order valence-electron chi connectivity index (χ1n) is 38.9. The number of carbonyl (C=O) groups excluding carboxylic acids is 2. The van der Waals surface area contributed by atoms with Crippen LogP contribution in [0.25, 0.3) is 0 Å². The number of ether oxygens (including phenoxy) is 4. The predicted molar refractivity (Wildman–Crippen MR) is 419 cm³/mol. The molecule has 0 amide bonds. The van der Waals surface area contributed by atoms with Crippen molar-refractivity contribution < 1.29 is 42.9 Å². The Kier molecular flexibility index (Phi) is 71.7. The highest BCUT2D eigenvalue weighted by atomic mass is 16.7. The molecule has 0 aromatic rings. The van der Waals surface area contributed by atoms with Crippen LogP contribution < -0.4 is 0 Å². The molecule has 0 bridgehead atoms. The van der Waals surface area contributed by atoms with Gasteiger partial charge in [-0.2, -0.15) is 0 Å². The summed E-state index contributed by atoms with van der Waals surface area (Å²) in [7, 11) is 5.97. The monoisotopic (exact) mass is 1340 g/mol. The number of unbranched alkanes of at least 4 members (excludes halogenated alkanes) is 25. The smallest absolute Gasteiger partial charge is 0.361 e. The second kappa shape index (κ2) is 76.1. The lowest BCUT2D eigenvalue weighted by atomic mass is 10.0. The number of esters is 2. The van der Waals surface area contributed by atoms with Crippen molar-refractivity contribution >= 4 is 17.9 Å². The lowest BCUT2D eigenvalue weighted by Crippen LogP contribution is -2.40. The summed E-state index contributed by atoms with van der Waals surface area (Å²) < 4.78 is 23.0. The highest BCUT2D eigenvalue weighted by molar-refractivity contribution is 5.71. The van der Waals surface area contributed by atoms with Gasteiger partial charge in [-0.15, -0.1) is 0 Å². The number of nitrogens with zero attached hydrogens (tertiary/aromatic N) is 1. The second-order valence-electron chi connectivity index (χ2n) is 26.6. The number of carbonyl (C=O) groups is 3. The average Bonchev–Trinajstić information content (AvgIpc) is 3.27. The minimum Gasteiger partial charge on any atom is -0.477 e. The lowest BCUT2D eigenvalue weighted by Gasteiger charge is -2.25. The normalized spacial score (nSPS) is 13.7. The van der Waals surface area contributed by atoms with Gasteiger partial charge in [-0.25, -0.2) is 4.79 Å². The minimum atomic E-state index is -1.52. The molecule has 0 aliphatic carbocycles. The number of carboxylic acid groups (broad SMARTS) is 1. The van der Waals surface area contributed by atoms with Gasteiger partial charge in [-0.05, 0) is 135 Å². The molecule has 97 heavy (non-hydrogen) atoms. The third-order valence-electron chi connectivity index (χ3n) is 16.2. The van der Waals surface area contributed by atoms with E-state index in [9.17, 15) is 19.5 Å². The fourth-order valence-electron chi connectivity index (χ4n) is 10.3. The van der Waals surface area contributed by atoms with Gasteiger partial charge in [0.05, 0.1) is 34.4 Å². The molecule has 0 aliphatic heterocycles. The summed E-state index contributed by atoms with van der Waals surface area (Å²) in [6, 6.07) is 0. The summed E-state index contributed by atoms with van der Waals surface area (Å²) in [5.74, 6) is -2.02. The largest absolute Gasteiger partial charge is 0.477 e. The van der Waals surface area contributed by atoms with Crippen molar-refractivity contribution in [3.63, 3.8) is 0 Å². The number of quaternary nitrogens is 1. The van der Waals surface area contributed by atoms with E-state index in [0.29, 0.717) is 17.4 Å². The third kappa shape index (κ3) is 77.6. The Bertz CT molecular complexity index is 2260. The molecule has 548 valence electrons. The van der Waals surface area contributed by atoms with E-state index >= 15 is 0 Å². The van der Waals surface area contributed by atoms with Crippen molar-refractivity contribution in [1.82, 2.24) is 0 Å². The molecule has 0 heterocycles. The Morgan fingerprint density at radius 2 is 0.557 bits per heavy atom. The van der Waals surface area contributed by atoms with Crippen molar-refractivity contribution in [1.29, 1.82) is 0 Å². The second-order valence-corrected chi connectivity index (χ2v) is 26.6. The van der Waals surface area contributed by atoms with Gasteiger partial charge in [0, 0.05) is 12.8 Å². The maximum absolute atomic E-state index is 13.0. The molecule has 0 fully saturated rings. The van der Waals surface area contributed by atoms with E-state index in [1.165, 1.54) is 116 Å². The van der Waals surface area contributed by atoms with Gasteiger partial charge in [0.1, 0.15) is 13.2 Å². The third-order valence-corrected chi connectivity index (χ3v) is 16.2. The molecule has 0 saturated carbocycles. The number of likely N-dealkylation sites (N-methyl/N-ethyl adjacent to an activating group) is 1. The molecular formula is C88H144NO8+. The summed E-state index contributed by atoms with van der Waals surface area (Å²) in [6.07, 6.45) is 113. The molecule has 0 aromatic heterocycles. The Hall–Kier alpha value is -5.61. The van der Waals surface area contributed by atoms with Gasteiger partial charge < -0.3 is 28.5 Å². The van der Waals surface area contributed by atoms with Crippen LogP contribution in [0.2, 0.25) is 0 Å². The van der Waals surface area contributed by atoms with Crippen LogP contribution in [-0.2, 0) is 33.3 Å². The molecule has 0 spiro atoms. The van der Waals surface area contributed by atoms with Gasteiger partial charge >= 0.3 is 17.9 Å². The maximum atomic E-state index is 13.0. The van der Waals surface area contributed by atoms with E-state index in [2.05, 4.69) is 196 Å². The maximum Gasteiger partial charge on any atom is 0.361 e. The fourth-order valence-corrected chi connectivity index (χ4v) is 10.3. The first kappa shape index (κ1) is 91.4. The minimum absolute atomic E-state index is 0.179. The fraction of sp³-hybridized carbons (Fsp3) is 0.625. The number of carboxylic acids is 1. The van der Waals surface area contributed by atoms with E-state index in [-0.39, 0.29) is 38.6 Å². The topological polar surface area (TPSA) is 108 Å². The lowest BCUT2D eigenvalue weighted by molar-refractivity contribution is -0.870. The average molecular weight is 1340 g/mol. The van der Waals surface area contributed by atoms with Crippen LogP contribution in [-0.4, -0.2) is 87.4 Å². The zero-order valence-corrected chi connectivity index (χ0v) is 62.7. The zero-order chi connectivity index (χ0) is 70.4. The Labute approximate surface area is 596 Å². The van der Waals surface area contributed by atoms with Gasteiger partial charge in [0.25, 0.3) is 6.29 Å². The van der Waals surface area contributed by atoms with Gasteiger partial charge in [-0.1, -0.05) is 331 Å². The van der Waals surface area contributed by atoms with Crippen LogP contribution in [0, 0.1) is 0 Å². The van der Waals surface area contributed by atoms with Gasteiger partial charge in [0.2, 0.25) is 0 Å². The van der Waals surface area contributed by atoms with Crippen LogP contribution >= 0.6 is 0 Å². The zero-order valence-electron chi connectivity index (χ0n) is 62.7. The summed E-state index contributed by atoms with van der Waals surface area (Å²) in [4.78, 5) is 37.7. The predicted octanol–water partition coefficient (Wildman–Crippen LogP) is 25.1. The summed E-state index contributed by atoms with van der Waals surface area (Å²) >= 11 is 0. The molecule has 2 unspecified atom stereocenters. The van der Waals surface area contributed by atoms with E-state index in [1.807, 2.05) is 21.1 Å². The van der Waals surface area contributed by atoms with E-state index in [0.717, 1.165) is 148 Å². The summed E-state index contributed by atoms with van der Waals surface area (Å²) in [5.41, 5.74) is 0. The SMILES string of the molecule is CC/C=C\C/C=C\C/C=C\C/C=C\C/C=C\C/C=C\C/C=C\C/C=C\CCCCCCCCCCCCCCCCCCC(=O)OC(COC(=O)CCCCCCCCCCC/C=C\C/C=C\C/C=C\C/C=C\C/C=C\C/C=C\C/C=C\CC)COC(OCC[N+](C)(C)C)C(=O)O. The van der Waals surface area contributed by atoms with Crippen molar-refractivity contribution in [3.8, 4) is 0 Å². The Balaban J connectivity index is 4.10. The molecular weight excluding hydrogens is 1200 g/mol. The number of allylic oxidation sites excluding steroid dienone is 30. The molecule has 0 aromatic carbocycles. The number of hydrogen-bond acceptors (Lipinski definition) is 7. The standard InChI is InChI=1S/C88H143NO8/c1-6-8-10-12-14-16-18-20-22-24-26-28-30-32-34-36-38-39-40-41-42-43-44-45-46-47-49-51-53-55-57-59-61-63-65-67-69-71-73-75-77-79-86(91)97-84(83-96-88(87(92)93)94-81-80-89(3,4)5)82-95-85(90)78-76-74-72-70-68-66-64-62-60-58-56-54-52-50-48-37-35-33-31-29-27-25-23-21-19-17-15-13-11-9-7-2/h8-11,14-17,20-23,26-29,32-35,38-39,41-42,44-45,48,50,54,56,84,88H,6-7,12-13,18-19,24-25,30-31,36-37,40,43,46-47,49,51-53,55,57-83H2,1-5H3/p+1/b10-8-,11-9-,16-14-,17-15-,22-20-,23-21-,28-26-,29-27-,34-32-,35-33-,39-38-,42-41-,45-44-,50-48-,56-54-. The molecule has 1 N–H and O–H groups in total. The summed E-state index contributed by atoms with van der Waals surface area (Å²) in [5, 5.41) is 9.77. The van der Waals surface area contributed by atoms with Crippen LogP contribution in [0.1, 0.15) is 296 Å². The number of aliphatic carboxylic acids is 1. The highest BCUT2D eigenvalue weighted by Gasteiger charge is 2.25. The molecule has 0 rings (SSSR count). The van der Waals surface area contributed by atoms with E-state index < -0.39 is 24.3 Å². The molecule has 9 nitrogen and oxygen atoms in total. The molecule has 2 atom stereocenters. The Morgan fingerprint density at radius 1 is 0.309 bits per heavy atom. The van der Waals surface area contributed by atoms with E-state index in [1.54, 1.807) is 0 Å². The van der Waals surface area contributed by atoms with Crippen LogP contribution in [0.3, 0.4) is 0 Å². The van der Waals surface area contributed by atoms with Crippen LogP contribution in [0.4, 0.5) is 0 Å². The van der Waals surface area contributed by atoms with Crippen molar-refractivity contribution in [2.45, 2.75) is 309 Å². The van der Waals surface area contributed by atoms with Crippen molar-refractivity contribution in [2.75, 3.05) is 47.5 Å².